The van der Waals surface area contributed by atoms with Crippen LogP contribution in [0.25, 0.3) is 22.3 Å². The number of benzene rings is 1. The fraction of sp³-hybridized carbons (Fsp3) is 0.350. The topological polar surface area (TPSA) is 60.4 Å². The number of morpholine rings is 1. The Balaban J connectivity index is 1.74. The average Bonchev–Trinajstić information content (AvgIpc) is 2.68. The first-order chi connectivity index (χ1) is 13.1. The van der Waals surface area contributed by atoms with E-state index in [1.165, 1.54) is 13.2 Å². The van der Waals surface area contributed by atoms with Crippen molar-refractivity contribution >= 4 is 16.7 Å². The zero-order chi connectivity index (χ0) is 19.0. The SMILES string of the molecule is COc1c(F)ccc2c(C)nc(-c3ccc(N4CCOC[C@@H]4C)nc3)nc12. The number of halogens is 1. The van der Waals surface area contributed by atoms with Crippen LogP contribution in [-0.4, -0.2) is 47.9 Å². The monoisotopic (exact) mass is 368 g/mol. The minimum absolute atomic E-state index is 0.131. The second-order valence-corrected chi connectivity index (χ2v) is 6.63. The summed E-state index contributed by atoms with van der Waals surface area (Å²) in [7, 11) is 1.44. The molecule has 0 bridgehead atoms. The summed E-state index contributed by atoms with van der Waals surface area (Å²) >= 11 is 0. The van der Waals surface area contributed by atoms with Gasteiger partial charge in [0.15, 0.2) is 17.4 Å². The largest absolute Gasteiger partial charge is 0.491 e. The van der Waals surface area contributed by atoms with Gasteiger partial charge in [0.05, 0.1) is 26.4 Å². The number of pyridine rings is 1. The molecule has 0 unspecified atom stereocenters. The third-order valence-corrected chi connectivity index (χ3v) is 4.84. The summed E-state index contributed by atoms with van der Waals surface area (Å²) < 4.78 is 24.8. The summed E-state index contributed by atoms with van der Waals surface area (Å²) in [6, 6.07) is 7.23. The van der Waals surface area contributed by atoms with E-state index in [2.05, 4.69) is 26.8 Å². The van der Waals surface area contributed by atoms with Crippen LogP contribution in [0.1, 0.15) is 12.6 Å². The van der Waals surface area contributed by atoms with E-state index in [4.69, 9.17) is 9.47 Å². The number of hydrogen-bond donors (Lipinski definition) is 0. The van der Waals surface area contributed by atoms with Gasteiger partial charge in [-0.15, -0.1) is 0 Å². The van der Waals surface area contributed by atoms with Crippen molar-refractivity contribution in [3.63, 3.8) is 0 Å². The minimum atomic E-state index is -0.441. The van der Waals surface area contributed by atoms with E-state index in [1.807, 2.05) is 19.1 Å². The lowest BCUT2D eigenvalue weighted by atomic mass is 10.1. The number of methoxy groups -OCH3 is 1. The van der Waals surface area contributed by atoms with Gasteiger partial charge in [0.25, 0.3) is 0 Å². The Bertz CT molecular complexity index is 978. The second-order valence-electron chi connectivity index (χ2n) is 6.63. The lowest BCUT2D eigenvalue weighted by molar-refractivity contribution is 0.0985. The normalized spacial score (nSPS) is 17.3. The molecule has 3 aromatic rings. The molecular formula is C20H21FN4O2. The molecule has 1 fully saturated rings. The van der Waals surface area contributed by atoms with E-state index in [0.29, 0.717) is 24.6 Å². The maximum absolute atomic E-state index is 14.1. The van der Waals surface area contributed by atoms with Gasteiger partial charge in [0.1, 0.15) is 11.3 Å². The zero-order valence-corrected chi connectivity index (χ0v) is 15.6. The Morgan fingerprint density at radius 3 is 2.78 bits per heavy atom. The molecule has 4 rings (SSSR count). The molecule has 1 aromatic carbocycles. The van der Waals surface area contributed by atoms with Crippen LogP contribution in [0.15, 0.2) is 30.5 Å². The number of ether oxygens (including phenoxy) is 2. The van der Waals surface area contributed by atoms with Gasteiger partial charge in [-0.1, -0.05) is 0 Å². The first-order valence-electron chi connectivity index (χ1n) is 8.90. The predicted octanol–water partition coefficient (Wildman–Crippen LogP) is 3.37. The number of aryl methyl sites for hydroxylation is 1. The number of nitrogens with zero attached hydrogens (tertiary/aromatic N) is 4. The molecule has 0 radical (unpaired) electrons. The van der Waals surface area contributed by atoms with Crippen molar-refractivity contribution in [1.82, 2.24) is 15.0 Å². The highest BCUT2D eigenvalue weighted by molar-refractivity contribution is 5.88. The fourth-order valence-electron chi connectivity index (χ4n) is 3.38. The Labute approximate surface area is 157 Å². The van der Waals surface area contributed by atoms with Crippen LogP contribution in [0.5, 0.6) is 5.75 Å². The van der Waals surface area contributed by atoms with Crippen molar-refractivity contribution in [1.29, 1.82) is 0 Å². The van der Waals surface area contributed by atoms with Gasteiger partial charge in [-0.3, -0.25) is 0 Å². The van der Waals surface area contributed by atoms with E-state index in [-0.39, 0.29) is 11.8 Å². The van der Waals surface area contributed by atoms with Crippen molar-refractivity contribution in [2.45, 2.75) is 19.9 Å². The van der Waals surface area contributed by atoms with Crippen LogP contribution < -0.4 is 9.64 Å². The molecule has 7 heteroatoms. The molecular weight excluding hydrogens is 347 g/mol. The second kappa shape index (κ2) is 7.08. The van der Waals surface area contributed by atoms with E-state index in [0.717, 1.165) is 29.0 Å². The molecule has 1 atom stereocenters. The zero-order valence-electron chi connectivity index (χ0n) is 15.6. The molecule has 6 nitrogen and oxygen atoms in total. The molecule has 2 aromatic heterocycles. The van der Waals surface area contributed by atoms with Crippen molar-refractivity contribution < 1.29 is 13.9 Å². The fourth-order valence-corrected chi connectivity index (χ4v) is 3.38. The van der Waals surface area contributed by atoms with Crippen LogP contribution in [0.4, 0.5) is 10.2 Å². The maximum Gasteiger partial charge on any atom is 0.180 e. The highest BCUT2D eigenvalue weighted by atomic mass is 19.1. The van der Waals surface area contributed by atoms with E-state index < -0.39 is 5.82 Å². The number of fused-ring (bicyclic) bond motifs is 1. The van der Waals surface area contributed by atoms with Crippen molar-refractivity contribution in [2.24, 2.45) is 0 Å². The highest BCUT2D eigenvalue weighted by Crippen LogP contribution is 2.30. The summed E-state index contributed by atoms with van der Waals surface area (Å²) in [5.41, 5.74) is 2.00. The number of rotatable bonds is 3. The molecule has 27 heavy (non-hydrogen) atoms. The molecule has 1 aliphatic heterocycles. The van der Waals surface area contributed by atoms with Crippen molar-refractivity contribution in [2.75, 3.05) is 31.8 Å². The average molecular weight is 368 g/mol. The third-order valence-electron chi connectivity index (χ3n) is 4.84. The molecule has 0 saturated carbocycles. The van der Waals surface area contributed by atoms with Gasteiger partial charge in [-0.25, -0.2) is 19.3 Å². The van der Waals surface area contributed by atoms with E-state index in [9.17, 15) is 4.39 Å². The molecule has 0 spiro atoms. The molecule has 0 aliphatic carbocycles. The molecule has 140 valence electrons. The molecule has 0 amide bonds. The smallest absolute Gasteiger partial charge is 0.180 e. The van der Waals surface area contributed by atoms with Gasteiger partial charge in [0.2, 0.25) is 0 Å². The number of hydrogen-bond acceptors (Lipinski definition) is 6. The summed E-state index contributed by atoms with van der Waals surface area (Å²) in [4.78, 5) is 15.9. The molecule has 0 N–H and O–H groups in total. The van der Waals surface area contributed by atoms with Crippen LogP contribution >= 0.6 is 0 Å². The van der Waals surface area contributed by atoms with Gasteiger partial charge in [-0.2, -0.15) is 0 Å². The van der Waals surface area contributed by atoms with Crippen molar-refractivity contribution in [3.05, 3.63) is 42.0 Å². The van der Waals surface area contributed by atoms with Crippen LogP contribution in [0.3, 0.4) is 0 Å². The van der Waals surface area contributed by atoms with E-state index in [1.54, 1.807) is 12.3 Å². The lowest BCUT2D eigenvalue weighted by Crippen LogP contribution is -2.44. The van der Waals surface area contributed by atoms with Crippen LogP contribution in [0.2, 0.25) is 0 Å². The third kappa shape index (κ3) is 3.19. The van der Waals surface area contributed by atoms with Gasteiger partial charge in [-0.05, 0) is 38.1 Å². The van der Waals surface area contributed by atoms with Gasteiger partial charge < -0.3 is 14.4 Å². The van der Waals surface area contributed by atoms with Crippen LogP contribution in [-0.2, 0) is 4.74 Å². The standard InChI is InChI=1S/C20H21FN4O2/c1-12-11-27-9-8-25(12)17-7-4-14(10-22-17)20-23-13(2)15-5-6-16(21)19(26-3)18(15)24-20/h4-7,10,12H,8-9,11H2,1-3H3/t12-/m0/s1. The molecule has 3 heterocycles. The van der Waals surface area contributed by atoms with E-state index >= 15 is 0 Å². The van der Waals surface area contributed by atoms with Crippen LogP contribution in [0, 0.1) is 12.7 Å². The highest BCUT2D eigenvalue weighted by Gasteiger charge is 2.20. The van der Waals surface area contributed by atoms with Crippen molar-refractivity contribution in [3.8, 4) is 17.1 Å². The lowest BCUT2D eigenvalue weighted by Gasteiger charge is -2.34. The number of anilines is 1. The first-order valence-corrected chi connectivity index (χ1v) is 8.90. The summed E-state index contributed by atoms with van der Waals surface area (Å²) in [5, 5.41) is 0.767. The predicted molar refractivity (Wildman–Crippen MR) is 102 cm³/mol. The Hall–Kier alpha value is -2.80. The Morgan fingerprint density at radius 1 is 1.22 bits per heavy atom. The van der Waals surface area contributed by atoms with Gasteiger partial charge >= 0.3 is 0 Å². The Kier molecular flexibility index (Phi) is 4.61. The minimum Gasteiger partial charge on any atom is -0.491 e. The van der Waals surface area contributed by atoms with Gasteiger partial charge in [0, 0.05) is 29.4 Å². The maximum atomic E-state index is 14.1. The molecule has 1 saturated heterocycles. The number of aromatic nitrogens is 3. The first kappa shape index (κ1) is 17.6. The quantitative estimate of drug-likeness (QED) is 0.706. The summed E-state index contributed by atoms with van der Waals surface area (Å²) in [6.07, 6.45) is 1.75. The summed E-state index contributed by atoms with van der Waals surface area (Å²) in [6.45, 7) is 6.21. The molecule has 1 aliphatic rings. The summed E-state index contributed by atoms with van der Waals surface area (Å²) in [5.74, 6) is 1.09. The Morgan fingerprint density at radius 2 is 2.07 bits per heavy atom.